The molecule has 37 heavy (non-hydrogen) atoms. The lowest BCUT2D eigenvalue weighted by Gasteiger charge is -2.26. The third-order valence-electron chi connectivity index (χ3n) is 6.47. The predicted molar refractivity (Wildman–Crippen MR) is 156 cm³/mol. The Hall–Kier alpha value is -4.40. The van der Waals surface area contributed by atoms with Crippen molar-refractivity contribution in [2.24, 2.45) is 4.85 Å². The monoisotopic (exact) mass is 498 g/mol. The third-order valence-corrected chi connectivity index (χ3v) is 10.0. The second kappa shape index (κ2) is 10.3. The summed E-state index contributed by atoms with van der Waals surface area (Å²) in [6, 6.07) is 50.6. The zero-order chi connectivity index (χ0) is 24.9. The van der Waals surface area contributed by atoms with Crippen molar-refractivity contribution < 1.29 is 0 Å². The topological polar surface area (TPSA) is 42.2 Å². The number of hydrogen-bond acceptors (Lipinski definition) is 3. The molecule has 1 aromatic heterocycles. The summed E-state index contributed by atoms with van der Waals surface area (Å²) in [6.07, 6.45) is 0. The molecule has 1 N–H and O–H groups in total. The zero-order valence-corrected chi connectivity index (χ0v) is 21.2. The average molecular weight is 499 g/mol. The van der Waals surface area contributed by atoms with Crippen LogP contribution in [-0.2, 0) is 6.54 Å². The summed E-state index contributed by atoms with van der Waals surface area (Å²) in [7, 11) is -2.47. The highest BCUT2D eigenvalue weighted by atomic mass is 31.2. The minimum absolute atomic E-state index is 0.680. The summed E-state index contributed by atoms with van der Waals surface area (Å²) in [5.74, 6) is 0.895. The van der Waals surface area contributed by atoms with Gasteiger partial charge in [0.2, 0.25) is 0 Å². The van der Waals surface area contributed by atoms with Crippen molar-refractivity contribution in [2.75, 3.05) is 5.32 Å². The molecule has 0 saturated carbocycles. The number of nitrogens with one attached hydrogen (secondary N) is 1. The molecule has 4 nitrogen and oxygen atoms in total. The van der Waals surface area contributed by atoms with Gasteiger partial charge in [-0.25, -0.2) is 0 Å². The Bertz CT molecular complexity index is 1560. The first-order valence-corrected chi connectivity index (χ1v) is 14.1. The molecule has 6 aromatic rings. The van der Waals surface area contributed by atoms with Crippen molar-refractivity contribution in [3.63, 3.8) is 0 Å². The molecule has 0 spiro atoms. The molecule has 5 heteroatoms. The van der Waals surface area contributed by atoms with E-state index >= 15 is 0 Å². The molecular formula is C32H27N4P. The van der Waals surface area contributed by atoms with Crippen LogP contribution in [0.25, 0.3) is 10.9 Å². The maximum Gasteiger partial charge on any atom is 0.158 e. The van der Waals surface area contributed by atoms with E-state index in [9.17, 15) is 0 Å². The molecule has 5 aromatic carbocycles. The van der Waals surface area contributed by atoms with Crippen LogP contribution in [0, 0.1) is 0 Å². The van der Waals surface area contributed by atoms with Crippen molar-refractivity contribution in [2.45, 2.75) is 6.54 Å². The summed E-state index contributed by atoms with van der Waals surface area (Å²) >= 11 is 0. The number of rotatable bonds is 7. The van der Waals surface area contributed by atoms with Gasteiger partial charge in [0.1, 0.15) is 0 Å². The van der Waals surface area contributed by atoms with Crippen LogP contribution in [-0.4, -0.2) is 9.89 Å². The van der Waals surface area contributed by atoms with Gasteiger partial charge in [-0.1, -0.05) is 133 Å². The lowest BCUT2D eigenvalue weighted by Crippen LogP contribution is -2.26. The van der Waals surface area contributed by atoms with E-state index in [0.717, 1.165) is 16.7 Å². The first-order chi connectivity index (χ1) is 18.3. The van der Waals surface area contributed by atoms with Gasteiger partial charge in [0.25, 0.3) is 0 Å². The minimum Gasteiger partial charge on any atom is -0.364 e. The van der Waals surface area contributed by atoms with Crippen molar-refractivity contribution in [3.8, 4) is 0 Å². The molecule has 0 aliphatic carbocycles. The smallest absolute Gasteiger partial charge is 0.158 e. The number of nitrogens with zero attached hydrogens (tertiary/aromatic N) is 3. The van der Waals surface area contributed by atoms with E-state index in [0.29, 0.717) is 6.54 Å². The van der Waals surface area contributed by atoms with Crippen LogP contribution in [0.1, 0.15) is 5.56 Å². The third kappa shape index (κ3) is 4.48. The molecular weight excluding hydrogens is 471 g/mol. The Labute approximate surface area is 217 Å². The fourth-order valence-corrected chi connectivity index (χ4v) is 8.09. The van der Waals surface area contributed by atoms with Crippen LogP contribution >= 0.6 is 7.05 Å². The van der Waals surface area contributed by atoms with E-state index in [2.05, 4.69) is 133 Å². The van der Waals surface area contributed by atoms with E-state index in [1.165, 1.54) is 21.5 Å². The Morgan fingerprint density at radius 2 is 1.03 bits per heavy atom. The highest BCUT2D eigenvalue weighted by Crippen LogP contribution is 2.47. The van der Waals surface area contributed by atoms with Crippen LogP contribution in [0.15, 0.2) is 150 Å². The summed E-state index contributed by atoms with van der Waals surface area (Å²) in [5, 5.41) is 13.3. The molecule has 0 aliphatic heterocycles. The fourth-order valence-electron chi connectivity index (χ4n) is 4.69. The molecule has 0 aliphatic rings. The summed E-state index contributed by atoms with van der Waals surface area (Å²) in [6.45, 7) is 0.680. The van der Waals surface area contributed by atoms with Crippen LogP contribution in [0.4, 0.5) is 5.82 Å². The highest BCUT2D eigenvalue weighted by Gasteiger charge is 2.29. The summed E-state index contributed by atoms with van der Waals surface area (Å²) in [5.41, 5.74) is 2.11. The number of hydrogen-bond donors (Lipinski definition) is 1. The maximum atomic E-state index is 5.60. The van der Waals surface area contributed by atoms with E-state index in [-0.39, 0.29) is 0 Å². The molecule has 0 fully saturated rings. The van der Waals surface area contributed by atoms with Gasteiger partial charge in [-0.15, -0.1) is 9.89 Å². The SMILES string of the molecule is c1ccc(CNc2c3ccccc3nn2N=P(c2ccccc2)(c2ccccc2)c2ccccc2)cc1. The largest absolute Gasteiger partial charge is 0.364 e. The zero-order valence-electron chi connectivity index (χ0n) is 20.4. The van der Waals surface area contributed by atoms with E-state index < -0.39 is 7.05 Å². The lowest BCUT2D eigenvalue weighted by atomic mass is 10.2. The number of fused-ring (bicyclic) bond motifs is 1. The fraction of sp³-hybridized carbons (Fsp3) is 0.0312. The van der Waals surface area contributed by atoms with Gasteiger partial charge in [-0.2, -0.15) is 4.85 Å². The molecule has 0 radical (unpaired) electrons. The van der Waals surface area contributed by atoms with Crippen molar-refractivity contribution in [1.82, 2.24) is 9.89 Å². The van der Waals surface area contributed by atoms with Gasteiger partial charge >= 0.3 is 0 Å². The minimum atomic E-state index is -2.47. The van der Waals surface area contributed by atoms with E-state index in [1.807, 2.05) is 23.0 Å². The Balaban J connectivity index is 1.64. The van der Waals surface area contributed by atoms with Crippen LogP contribution in [0.3, 0.4) is 0 Å². The van der Waals surface area contributed by atoms with Gasteiger partial charge in [0.15, 0.2) is 5.82 Å². The van der Waals surface area contributed by atoms with Crippen LogP contribution in [0.2, 0.25) is 0 Å². The standard InChI is InChI=1S/C32H27N4P/c1-5-15-26(16-6-1)25-33-32-30-23-13-14-24-31(30)34-36(32)35-37(27-17-7-2-8-18-27,28-19-9-3-10-20-28)29-21-11-4-12-22-29/h1-24,33H,25H2. The summed E-state index contributed by atoms with van der Waals surface area (Å²) < 4.78 is 0. The number of aromatic nitrogens is 2. The normalized spacial score (nSPS) is 11.4. The molecule has 0 amide bonds. The molecule has 180 valence electrons. The Kier molecular flexibility index (Phi) is 6.41. The van der Waals surface area contributed by atoms with Gasteiger partial charge in [0, 0.05) is 27.8 Å². The first-order valence-electron chi connectivity index (χ1n) is 12.4. The average Bonchev–Trinajstić information content (AvgIpc) is 3.33. The van der Waals surface area contributed by atoms with Crippen molar-refractivity contribution in [3.05, 3.63) is 151 Å². The Morgan fingerprint density at radius 1 is 0.568 bits per heavy atom. The van der Waals surface area contributed by atoms with Crippen LogP contribution in [0.5, 0.6) is 0 Å². The first kappa shape index (κ1) is 23.0. The number of anilines is 1. The van der Waals surface area contributed by atoms with Gasteiger partial charge in [-0.05, 0) is 17.7 Å². The lowest BCUT2D eigenvalue weighted by molar-refractivity contribution is 0.764. The molecule has 0 bridgehead atoms. The summed E-state index contributed by atoms with van der Waals surface area (Å²) in [4.78, 5) is 7.45. The quantitative estimate of drug-likeness (QED) is 0.252. The molecule has 1 heterocycles. The molecule has 0 atom stereocenters. The Morgan fingerprint density at radius 3 is 1.57 bits per heavy atom. The van der Waals surface area contributed by atoms with Crippen LogP contribution < -0.4 is 21.2 Å². The van der Waals surface area contributed by atoms with Gasteiger partial charge < -0.3 is 5.32 Å². The second-order valence-electron chi connectivity index (χ2n) is 8.83. The maximum absolute atomic E-state index is 5.60. The number of benzene rings is 5. The van der Waals surface area contributed by atoms with Crippen molar-refractivity contribution >= 4 is 39.7 Å². The van der Waals surface area contributed by atoms with Gasteiger partial charge in [0.05, 0.1) is 12.6 Å². The second-order valence-corrected chi connectivity index (χ2v) is 11.8. The van der Waals surface area contributed by atoms with E-state index in [4.69, 9.17) is 9.95 Å². The molecule has 6 rings (SSSR count). The highest BCUT2D eigenvalue weighted by molar-refractivity contribution is 7.87. The molecule has 0 unspecified atom stereocenters. The van der Waals surface area contributed by atoms with Gasteiger partial charge in [-0.3, -0.25) is 0 Å². The van der Waals surface area contributed by atoms with E-state index in [1.54, 1.807) is 0 Å². The predicted octanol–water partition coefficient (Wildman–Crippen LogP) is 6.59. The van der Waals surface area contributed by atoms with Crippen molar-refractivity contribution in [1.29, 1.82) is 0 Å². The molecule has 0 saturated heterocycles.